The minimum absolute atomic E-state index is 0.0884. The number of esters is 1. The molecule has 0 aromatic heterocycles. The SMILES string of the molecule is COc1cc(C(=O)OCC(=O)Nc2ccc(OC(F)(F)F)cc2)ccc1OC(C)C. The Bertz CT molecular complexity index is 881. The van der Waals surface area contributed by atoms with Gasteiger partial charge in [0.1, 0.15) is 5.75 Å². The Hall–Kier alpha value is -3.43. The number of benzene rings is 2. The molecule has 0 saturated heterocycles. The number of rotatable bonds is 8. The van der Waals surface area contributed by atoms with Gasteiger partial charge in [0.2, 0.25) is 0 Å². The van der Waals surface area contributed by atoms with Crippen LogP contribution < -0.4 is 19.5 Å². The second-order valence-corrected chi connectivity index (χ2v) is 6.23. The molecule has 1 amide bonds. The lowest BCUT2D eigenvalue weighted by atomic mass is 10.2. The normalized spacial score (nSPS) is 11.0. The highest BCUT2D eigenvalue weighted by Crippen LogP contribution is 2.29. The lowest BCUT2D eigenvalue weighted by Crippen LogP contribution is -2.21. The van der Waals surface area contributed by atoms with E-state index in [4.69, 9.17) is 14.2 Å². The summed E-state index contributed by atoms with van der Waals surface area (Å²) < 4.78 is 55.8. The van der Waals surface area contributed by atoms with Crippen LogP contribution in [-0.4, -0.2) is 38.1 Å². The van der Waals surface area contributed by atoms with Gasteiger partial charge in [0, 0.05) is 5.69 Å². The molecule has 0 spiro atoms. The maximum Gasteiger partial charge on any atom is 0.573 e. The van der Waals surface area contributed by atoms with Crippen LogP contribution in [0.2, 0.25) is 0 Å². The van der Waals surface area contributed by atoms with Crippen LogP contribution in [0.1, 0.15) is 24.2 Å². The van der Waals surface area contributed by atoms with E-state index in [0.29, 0.717) is 11.5 Å². The van der Waals surface area contributed by atoms with Crippen LogP contribution in [0.4, 0.5) is 18.9 Å². The third-order valence-electron chi connectivity index (χ3n) is 3.47. The smallest absolute Gasteiger partial charge is 0.493 e. The third kappa shape index (κ3) is 7.19. The number of anilines is 1. The van der Waals surface area contributed by atoms with Crippen molar-refractivity contribution in [2.45, 2.75) is 26.3 Å². The molecule has 2 rings (SSSR count). The van der Waals surface area contributed by atoms with Gasteiger partial charge >= 0.3 is 12.3 Å². The number of nitrogens with one attached hydrogen (secondary N) is 1. The second-order valence-electron chi connectivity index (χ2n) is 6.23. The predicted octanol–water partition coefficient (Wildman–Crippen LogP) is 4.18. The topological polar surface area (TPSA) is 83.1 Å². The zero-order valence-electron chi connectivity index (χ0n) is 16.4. The van der Waals surface area contributed by atoms with Gasteiger partial charge in [0.15, 0.2) is 18.1 Å². The Kier molecular flexibility index (Phi) is 7.51. The van der Waals surface area contributed by atoms with Crippen molar-refractivity contribution in [2.24, 2.45) is 0 Å². The van der Waals surface area contributed by atoms with E-state index in [9.17, 15) is 22.8 Å². The Morgan fingerprint density at radius 3 is 2.27 bits per heavy atom. The number of ether oxygens (including phenoxy) is 4. The number of alkyl halides is 3. The Labute approximate surface area is 170 Å². The minimum Gasteiger partial charge on any atom is -0.493 e. The molecule has 0 radical (unpaired) electrons. The molecule has 0 aliphatic rings. The van der Waals surface area contributed by atoms with E-state index >= 15 is 0 Å². The predicted molar refractivity (Wildman–Crippen MR) is 101 cm³/mol. The van der Waals surface area contributed by atoms with E-state index in [0.717, 1.165) is 12.1 Å². The zero-order chi connectivity index (χ0) is 22.3. The number of carbonyl (C=O) groups is 2. The molecular weight excluding hydrogens is 407 g/mol. The van der Waals surface area contributed by atoms with Gasteiger partial charge in [-0.3, -0.25) is 4.79 Å². The Balaban J connectivity index is 1.90. The maximum absolute atomic E-state index is 12.2. The van der Waals surface area contributed by atoms with E-state index in [1.165, 1.54) is 31.4 Å². The van der Waals surface area contributed by atoms with Crippen molar-refractivity contribution in [2.75, 3.05) is 19.0 Å². The van der Waals surface area contributed by atoms with Gasteiger partial charge in [0.25, 0.3) is 5.91 Å². The molecule has 162 valence electrons. The molecular formula is C20H20F3NO6. The van der Waals surface area contributed by atoms with Crippen LogP contribution >= 0.6 is 0 Å². The highest BCUT2D eigenvalue weighted by molar-refractivity contribution is 5.95. The van der Waals surface area contributed by atoms with E-state index in [1.54, 1.807) is 6.07 Å². The molecule has 0 fully saturated rings. The molecule has 0 saturated carbocycles. The van der Waals surface area contributed by atoms with E-state index in [1.807, 2.05) is 13.8 Å². The van der Waals surface area contributed by atoms with Gasteiger partial charge in [-0.2, -0.15) is 0 Å². The Morgan fingerprint density at radius 1 is 1.03 bits per heavy atom. The van der Waals surface area contributed by atoms with Gasteiger partial charge < -0.3 is 24.3 Å². The first-order chi connectivity index (χ1) is 14.1. The van der Waals surface area contributed by atoms with Crippen molar-refractivity contribution in [1.82, 2.24) is 0 Å². The number of amides is 1. The molecule has 10 heteroatoms. The fraction of sp³-hybridized carbons (Fsp3) is 0.300. The molecule has 0 bridgehead atoms. The zero-order valence-corrected chi connectivity index (χ0v) is 16.4. The first-order valence-electron chi connectivity index (χ1n) is 8.75. The molecule has 0 aliphatic carbocycles. The summed E-state index contributed by atoms with van der Waals surface area (Å²) in [6, 6.07) is 8.99. The van der Waals surface area contributed by atoms with Crippen LogP contribution in [0.25, 0.3) is 0 Å². The van der Waals surface area contributed by atoms with Crippen LogP contribution in [0.5, 0.6) is 17.2 Å². The lowest BCUT2D eigenvalue weighted by Gasteiger charge is -2.14. The van der Waals surface area contributed by atoms with Crippen LogP contribution in [0, 0.1) is 0 Å². The number of carbonyl (C=O) groups excluding carboxylic acids is 2. The summed E-state index contributed by atoms with van der Waals surface area (Å²) in [6.07, 6.45) is -4.89. The summed E-state index contributed by atoms with van der Waals surface area (Å²) in [6.45, 7) is 3.10. The molecule has 30 heavy (non-hydrogen) atoms. The van der Waals surface area contributed by atoms with Gasteiger partial charge in [0.05, 0.1) is 18.8 Å². The molecule has 7 nitrogen and oxygen atoms in total. The number of halogens is 3. The maximum atomic E-state index is 12.2. The molecule has 1 N–H and O–H groups in total. The number of hydrogen-bond acceptors (Lipinski definition) is 6. The van der Waals surface area contributed by atoms with Crippen molar-refractivity contribution in [3.63, 3.8) is 0 Å². The summed E-state index contributed by atoms with van der Waals surface area (Å²) in [7, 11) is 1.43. The van der Waals surface area contributed by atoms with Crippen LogP contribution in [-0.2, 0) is 9.53 Å². The van der Waals surface area contributed by atoms with E-state index in [-0.39, 0.29) is 17.4 Å². The van der Waals surface area contributed by atoms with Crippen molar-refractivity contribution < 1.29 is 41.7 Å². The number of hydrogen-bond donors (Lipinski definition) is 1. The quantitative estimate of drug-likeness (QED) is 0.637. The average Bonchev–Trinajstić information content (AvgIpc) is 2.66. The summed E-state index contributed by atoms with van der Waals surface area (Å²) in [5, 5.41) is 2.39. The van der Waals surface area contributed by atoms with Crippen molar-refractivity contribution in [3.05, 3.63) is 48.0 Å². The van der Waals surface area contributed by atoms with Gasteiger partial charge in [-0.05, 0) is 56.3 Å². The largest absolute Gasteiger partial charge is 0.573 e. The Morgan fingerprint density at radius 2 is 1.70 bits per heavy atom. The van der Waals surface area contributed by atoms with Crippen molar-refractivity contribution >= 4 is 17.6 Å². The standard InChI is InChI=1S/C20H20F3NO6/c1-12(2)29-16-9-4-13(10-17(16)27-3)19(26)28-11-18(25)24-14-5-7-15(8-6-14)30-20(21,22)23/h4-10,12H,11H2,1-3H3,(H,24,25). The van der Waals surface area contributed by atoms with Gasteiger partial charge in [-0.25, -0.2) is 4.79 Å². The molecule has 0 heterocycles. The molecule has 0 unspecified atom stereocenters. The van der Waals surface area contributed by atoms with Crippen molar-refractivity contribution in [1.29, 1.82) is 0 Å². The number of methoxy groups -OCH3 is 1. The highest BCUT2D eigenvalue weighted by Gasteiger charge is 2.31. The van der Waals surface area contributed by atoms with Crippen LogP contribution in [0.15, 0.2) is 42.5 Å². The average molecular weight is 427 g/mol. The minimum atomic E-state index is -4.80. The van der Waals surface area contributed by atoms with Crippen molar-refractivity contribution in [3.8, 4) is 17.2 Å². The van der Waals surface area contributed by atoms with E-state index < -0.39 is 30.6 Å². The monoisotopic (exact) mass is 427 g/mol. The third-order valence-corrected chi connectivity index (χ3v) is 3.47. The summed E-state index contributed by atoms with van der Waals surface area (Å²) >= 11 is 0. The summed E-state index contributed by atoms with van der Waals surface area (Å²) in [4.78, 5) is 24.1. The lowest BCUT2D eigenvalue weighted by molar-refractivity contribution is -0.274. The first-order valence-corrected chi connectivity index (χ1v) is 8.75. The molecule has 2 aromatic rings. The molecule has 2 aromatic carbocycles. The van der Waals surface area contributed by atoms with E-state index in [2.05, 4.69) is 10.1 Å². The first kappa shape index (κ1) is 22.9. The fourth-order valence-electron chi connectivity index (χ4n) is 2.30. The van der Waals surface area contributed by atoms with Crippen LogP contribution in [0.3, 0.4) is 0 Å². The van der Waals surface area contributed by atoms with Gasteiger partial charge in [-0.1, -0.05) is 0 Å². The fourth-order valence-corrected chi connectivity index (χ4v) is 2.30. The highest BCUT2D eigenvalue weighted by atomic mass is 19.4. The second kappa shape index (κ2) is 9.86. The van der Waals surface area contributed by atoms with Gasteiger partial charge in [-0.15, -0.1) is 13.2 Å². The summed E-state index contributed by atoms with van der Waals surface area (Å²) in [5.41, 5.74) is 0.367. The molecule has 0 atom stereocenters. The molecule has 0 aliphatic heterocycles. The summed E-state index contributed by atoms with van der Waals surface area (Å²) in [5.74, 6) is -1.05.